The summed E-state index contributed by atoms with van der Waals surface area (Å²) in [5.74, 6) is -0.719. The minimum absolute atomic E-state index is 0.0300. The Labute approximate surface area is 182 Å². The van der Waals surface area contributed by atoms with Crippen LogP contribution < -0.4 is 16.0 Å². The van der Waals surface area contributed by atoms with Gasteiger partial charge in [-0.05, 0) is 17.7 Å². The van der Waals surface area contributed by atoms with Crippen LogP contribution in [0.5, 0.6) is 0 Å². The summed E-state index contributed by atoms with van der Waals surface area (Å²) in [5, 5.41) is 8.39. The molecule has 0 aliphatic heterocycles. The molecule has 0 bridgehead atoms. The van der Waals surface area contributed by atoms with Crippen LogP contribution in [0.1, 0.15) is 22.8 Å². The predicted octanol–water partition coefficient (Wildman–Crippen LogP) is -0.667. The molecule has 0 aromatic heterocycles. The molecule has 3 N–H and O–H groups in total. The maximum Gasteiger partial charge on any atom is 0.253 e. The third-order valence-corrected chi connectivity index (χ3v) is 4.17. The van der Waals surface area contributed by atoms with Gasteiger partial charge in [-0.15, -0.1) is 0 Å². The van der Waals surface area contributed by atoms with Crippen molar-refractivity contribution < 1.29 is 28.7 Å². The monoisotopic (exact) mass is 436 g/mol. The average molecular weight is 437 g/mol. The molecule has 1 aromatic carbocycles. The fraction of sp³-hybridized carbons (Fsp3) is 0.524. The van der Waals surface area contributed by atoms with Crippen molar-refractivity contribution in [3.8, 4) is 0 Å². The number of nitrogens with one attached hydrogen (secondary N) is 3. The van der Waals surface area contributed by atoms with Crippen molar-refractivity contribution in [3.05, 3.63) is 35.4 Å². The second-order valence-electron chi connectivity index (χ2n) is 6.83. The molecular weight excluding hydrogens is 404 g/mol. The van der Waals surface area contributed by atoms with E-state index in [4.69, 9.17) is 9.47 Å². The molecule has 0 aliphatic rings. The standard InChI is InChI=1S/C21H32N4O6/c1-16(26)24-12-17-5-4-6-18(11-17)21(29)25(10-8-23-20(28)15-31-3)9-7-22-13-19(27)14-30-2/h4-6,11,22H,7-10,12-15H2,1-3H3,(H,23,28)(H,24,26). The van der Waals surface area contributed by atoms with Gasteiger partial charge in [-0.3, -0.25) is 19.2 Å². The van der Waals surface area contributed by atoms with Crippen molar-refractivity contribution in [1.82, 2.24) is 20.9 Å². The van der Waals surface area contributed by atoms with E-state index in [1.54, 1.807) is 23.1 Å². The number of hydrogen-bond donors (Lipinski definition) is 3. The van der Waals surface area contributed by atoms with Gasteiger partial charge in [0.1, 0.15) is 13.2 Å². The average Bonchev–Trinajstić information content (AvgIpc) is 2.74. The SMILES string of the molecule is COCC(=O)CNCCN(CCNC(=O)COC)C(=O)c1cccc(CNC(C)=O)c1. The molecule has 1 aromatic rings. The number of ketones is 1. The summed E-state index contributed by atoms with van der Waals surface area (Å²) in [7, 11) is 2.89. The van der Waals surface area contributed by atoms with E-state index in [9.17, 15) is 19.2 Å². The molecule has 172 valence electrons. The highest BCUT2D eigenvalue weighted by Crippen LogP contribution is 2.09. The summed E-state index contributed by atoms with van der Waals surface area (Å²) < 4.78 is 9.57. The van der Waals surface area contributed by atoms with Crippen LogP contribution in [0.25, 0.3) is 0 Å². The van der Waals surface area contributed by atoms with Gasteiger partial charge in [0, 0.05) is 59.4 Å². The summed E-state index contributed by atoms with van der Waals surface area (Å²) in [6.45, 7) is 3.18. The molecule has 0 radical (unpaired) electrons. The molecule has 0 atom stereocenters. The Bertz CT molecular complexity index is 740. The topological polar surface area (TPSA) is 126 Å². The molecule has 0 saturated carbocycles. The molecule has 0 aliphatic carbocycles. The molecule has 0 unspecified atom stereocenters. The summed E-state index contributed by atoms with van der Waals surface area (Å²) in [6.07, 6.45) is 0. The molecule has 0 heterocycles. The predicted molar refractivity (Wildman–Crippen MR) is 115 cm³/mol. The Morgan fingerprint density at radius 2 is 1.68 bits per heavy atom. The molecular formula is C21H32N4O6. The largest absolute Gasteiger partial charge is 0.377 e. The Morgan fingerprint density at radius 3 is 2.35 bits per heavy atom. The van der Waals surface area contributed by atoms with Crippen molar-refractivity contribution in [2.45, 2.75) is 13.5 Å². The van der Waals surface area contributed by atoms with Gasteiger partial charge in [-0.25, -0.2) is 0 Å². The summed E-state index contributed by atoms with van der Waals surface area (Å²) >= 11 is 0. The number of rotatable bonds is 15. The number of ether oxygens (including phenoxy) is 2. The lowest BCUT2D eigenvalue weighted by atomic mass is 10.1. The van der Waals surface area contributed by atoms with E-state index in [0.717, 1.165) is 5.56 Å². The van der Waals surface area contributed by atoms with Gasteiger partial charge < -0.3 is 30.3 Å². The lowest BCUT2D eigenvalue weighted by Crippen LogP contribution is -2.43. The van der Waals surface area contributed by atoms with Gasteiger partial charge in [0.2, 0.25) is 11.8 Å². The first kappa shape index (κ1) is 26.2. The van der Waals surface area contributed by atoms with Gasteiger partial charge in [0.15, 0.2) is 5.78 Å². The highest BCUT2D eigenvalue weighted by atomic mass is 16.5. The van der Waals surface area contributed by atoms with E-state index in [2.05, 4.69) is 16.0 Å². The normalized spacial score (nSPS) is 10.4. The number of carbonyl (C=O) groups excluding carboxylic acids is 4. The summed E-state index contributed by atoms with van der Waals surface area (Å²) in [6, 6.07) is 7.01. The van der Waals surface area contributed by atoms with E-state index >= 15 is 0 Å². The molecule has 10 nitrogen and oxygen atoms in total. The smallest absolute Gasteiger partial charge is 0.253 e. The minimum atomic E-state index is -0.268. The first-order valence-corrected chi connectivity index (χ1v) is 9.97. The summed E-state index contributed by atoms with van der Waals surface area (Å²) in [4.78, 5) is 48.9. The first-order valence-electron chi connectivity index (χ1n) is 9.97. The maximum atomic E-state index is 13.1. The number of carbonyl (C=O) groups is 4. The van der Waals surface area contributed by atoms with Crippen molar-refractivity contribution >= 4 is 23.5 Å². The van der Waals surface area contributed by atoms with E-state index in [1.807, 2.05) is 6.07 Å². The van der Waals surface area contributed by atoms with Crippen LogP contribution in [0, 0.1) is 0 Å². The van der Waals surface area contributed by atoms with Crippen molar-refractivity contribution in [1.29, 1.82) is 0 Å². The molecule has 1 rings (SSSR count). The highest BCUT2D eigenvalue weighted by Gasteiger charge is 2.16. The Morgan fingerprint density at radius 1 is 0.968 bits per heavy atom. The van der Waals surface area contributed by atoms with Crippen molar-refractivity contribution in [2.24, 2.45) is 0 Å². The van der Waals surface area contributed by atoms with Crippen LogP contribution >= 0.6 is 0 Å². The number of benzene rings is 1. The Balaban J connectivity index is 2.74. The van der Waals surface area contributed by atoms with Gasteiger partial charge in [0.25, 0.3) is 5.91 Å². The van der Waals surface area contributed by atoms with Crippen LogP contribution in [-0.2, 0) is 30.4 Å². The Kier molecular flexibility index (Phi) is 12.7. The molecule has 0 saturated heterocycles. The highest BCUT2D eigenvalue weighted by molar-refractivity contribution is 5.94. The molecule has 0 fully saturated rings. The van der Waals surface area contributed by atoms with E-state index in [0.29, 0.717) is 25.2 Å². The third-order valence-electron chi connectivity index (χ3n) is 4.17. The zero-order valence-electron chi connectivity index (χ0n) is 18.4. The van der Waals surface area contributed by atoms with Crippen LogP contribution in [0.4, 0.5) is 0 Å². The first-order chi connectivity index (χ1) is 14.9. The fourth-order valence-electron chi connectivity index (χ4n) is 2.70. The van der Waals surface area contributed by atoms with Gasteiger partial charge in [-0.2, -0.15) is 0 Å². The number of Topliss-reactive ketones (excluding diaryl/α,β-unsaturated/α-hetero) is 1. The quantitative estimate of drug-likeness (QED) is 0.311. The third kappa shape index (κ3) is 11.2. The second kappa shape index (κ2) is 15.1. The minimum Gasteiger partial charge on any atom is -0.377 e. The van der Waals surface area contributed by atoms with Gasteiger partial charge in [0.05, 0.1) is 6.54 Å². The van der Waals surface area contributed by atoms with Crippen LogP contribution in [0.15, 0.2) is 24.3 Å². The number of methoxy groups -OCH3 is 2. The number of amides is 3. The molecule has 10 heteroatoms. The molecule has 31 heavy (non-hydrogen) atoms. The van der Waals surface area contributed by atoms with Gasteiger partial charge >= 0.3 is 0 Å². The molecule has 3 amide bonds. The van der Waals surface area contributed by atoms with E-state index in [-0.39, 0.29) is 56.4 Å². The summed E-state index contributed by atoms with van der Waals surface area (Å²) in [5.41, 5.74) is 1.28. The lowest BCUT2D eigenvalue weighted by molar-refractivity contribution is -0.125. The maximum absolute atomic E-state index is 13.1. The zero-order chi connectivity index (χ0) is 23.1. The number of nitrogens with zero attached hydrogens (tertiary/aromatic N) is 1. The van der Waals surface area contributed by atoms with Crippen LogP contribution in [-0.4, -0.2) is 88.6 Å². The lowest BCUT2D eigenvalue weighted by Gasteiger charge is -2.23. The second-order valence-corrected chi connectivity index (χ2v) is 6.83. The van der Waals surface area contributed by atoms with Crippen LogP contribution in [0.3, 0.4) is 0 Å². The van der Waals surface area contributed by atoms with Crippen molar-refractivity contribution in [2.75, 3.05) is 60.2 Å². The van der Waals surface area contributed by atoms with Crippen LogP contribution in [0.2, 0.25) is 0 Å². The van der Waals surface area contributed by atoms with E-state index in [1.165, 1.54) is 21.1 Å². The number of hydrogen-bond acceptors (Lipinski definition) is 7. The molecule has 0 spiro atoms. The zero-order valence-corrected chi connectivity index (χ0v) is 18.4. The Hall–Kier alpha value is -2.82. The van der Waals surface area contributed by atoms with E-state index < -0.39 is 0 Å². The fourth-order valence-corrected chi connectivity index (χ4v) is 2.70. The van der Waals surface area contributed by atoms with Gasteiger partial charge in [-0.1, -0.05) is 12.1 Å². The van der Waals surface area contributed by atoms with Crippen molar-refractivity contribution in [3.63, 3.8) is 0 Å².